The zero-order valence-corrected chi connectivity index (χ0v) is 6.43. The maximum atomic E-state index is 12.1. The van der Waals surface area contributed by atoms with Gasteiger partial charge in [0.1, 0.15) is 0 Å². The van der Waals surface area contributed by atoms with Gasteiger partial charge in [0.2, 0.25) is 0 Å². The van der Waals surface area contributed by atoms with Crippen LogP contribution in [-0.4, -0.2) is 12.7 Å². The predicted octanol–water partition coefficient (Wildman–Crippen LogP) is 2.01. The van der Waals surface area contributed by atoms with Crippen molar-refractivity contribution in [3.8, 4) is 0 Å². The summed E-state index contributed by atoms with van der Waals surface area (Å²) in [7, 11) is 0. The van der Waals surface area contributed by atoms with Gasteiger partial charge in [-0.1, -0.05) is 18.2 Å². The summed E-state index contributed by atoms with van der Waals surface area (Å²) >= 11 is 0. The Bertz CT molecular complexity index is 215. The molecule has 0 aromatic heterocycles. The summed E-state index contributed by atoms with van der Waals surface area (Å²) < 4.78 is 36.3. The minimum Gasteiger partial charge on any atom is -0.330 e. The highest BCUT2D eigenvalue weighted by atomic mass is 19.4. The van der Waals surface area contributed by atoms with Crippen LogP contribution in [0.25, 0.3) is 0 Å². The third-order valence-electron chi connectivity index (χ3n) is 1.83. The lowest BCUT2D eigenvalue weighted by atomic mass is 9.94. The minimum absolute atomic E-state index is 0.0104. The summed E-state index contributed by atoms with van der Waals surface area (Å²) in [6, 6.07) is 0. The molecule has 4 heteroatoms. The second kappa shape index (κ2) is 3.31. The maximum absolute atomic E-state index is 12.1. The van der Waals surface area contributed by atoms with E-state index in [0.29, 0.717) is 0 Å². The van der Waals surface area contributed by atoms with Crippen LogP contribution in [0.1, 0.15) is 6.42 Å². The van der Waals surface area contributed by atoms with Crippen molar-refractivity contribution < 1.29 is 13.2 Å². The van der Waals surface area contributed by atoms with E-state index in [1.807, 2.05) is 0 Å². The number of rotatable bonds is 1. The molecule has 0 radical (unpaired) electrons. The first-order valence-electron chi connectivity index (χ1n) is 3.68. The molecule has 0 saturated carbocycles. The summed E-state index contributed by atoms with van der Waals surface area (Å²) in [5.74, 6) is -0.161. The number of hydrogen-bond donors (Lipinski definition) is 1. The average Bonchev–Trinajstić information content (AvgIpc) is 2.03. The van der Waals surface area contributed by atoms with Crippen LogP contribution in [0, 0.1) is 5.92 Å². The molecule has 1 rings (SSSR count). The second-order valence-corrected chi connectivity index (χ2v) is 2.77. The van der Waals surface area contributed by atoms with Crippen LogP contribution in [0.5, 0.6) is 0 Å². The van der Waals surface area contributed by atoms with E-state index >= 15 is 0 Å². The highest BCUT2D eigenvalue weighted by molar-refractivity contribution is 5.23. The fraction of sp³-hybridized carbons (Fsp3) is 0.500. The van der Waals surface area contributed by atoms with Gasteiger partial charge in [-0.3, -0.25) is 0 Å². The number of nitrogens with two attached hydrogens (primary N) is 1. The summed E-state index contributed by atoms with van der Waals surface area (Å²) in [5, 5.41) is 0. The molecule has 1 aliphatic rings. The van der Waals surface area contributed by atoms with Crippen LogP contribution in [0.3, 0.4) is 0 Å². The molecule has 2 N–H and O–H groups in total. The van der Waals surface area contributed by atoms with Gasteiger partial charge >= 0.3 is 6.18 Å². The Labute approximate surface area is 68.7 Å². The smallest absolute Gasteiger partial charge is 0.330 e. The Hall–Kier alpha value is -0.770. The molecule has 1 aliphatic carbocycles. The maximum Gasteiger partial charge on any atom is 0.412 e. The van der Waals surface area contributed by atoms with Crippen molar-refractivity contribution >= 4 is 0 Å². The highest BCUT2D eigenvalue weighted by Gasteiger charge is 2.34. The molecule has 0 spiro atoms. The summed E-state index contributed by atoms with van der Waals surface area (Å²) in [4.78, 5) is 0. The first-order chi connectivity index (χ1) is 5.54. The standard InChI is InChI=1S/C8H10F3N/c9-8(10,11)7-3-1-2-6(4-7)5-12/h1-3,6H,4-5,12H2/t6-/m0/s1. The number of allylic oxidation sites excluding steroid dienone is 3. The second-order valence-electron chi connectivity index (χ2n) is 2.77. The van der Waals surface area contributed by atoms with E-state index in [-0.39, 0.29) is 18.9 Å². The van der Waals surface area contributed by atoms with Gasteiger partial charge in [0, 0.05) is 5.57 Å². The van der Waals surface area contributed by atoms with Crippen molar-refractivity contribution in [2.24, 2.45) is 11.7 Å². The predicted molar refractivity (Wildman–Crippen MR) is 40.4 cm³/mol. The third-order valence-corrected chi connectivity index (χ3v) is 1.83. The van der Waals surface area contributed by atoms with Crippen molar-refractivity contribution in [1.29, 1.82) is 0 Å². The Morgan fingerprint density at radius 1 is 1.50 bits per heavy atom. The molecule has 0 fully saturated rings. The number of hydrogen-bond acceptors (Lipinski definition) is 1. The molecular formula is C8H10F3N. The molecule has 0 aliphatic heterocycles. The van der Waals surface area contributed by atoms with Gasteiger partial charge < -0.3 is 5.73 Å². The summed E-state index contributed by atoms with van der Waals surface area (Å²) in [6.45, 7) is 0.268. The van der Waals surface area contributed by atoms with Crippen molar-refractivity contribution in [3.63, 3.8) is 0 Å². The molecule has 1 nitrogen and oxygen atoms in total. The summed E-state index contributed by atoms with van der Waals surface area (Å²) in [6.07, 6.45) is 0.0416. The molecule has 0 bridgehead atoms. The molecule has 0 unspecified atom stereocenters. The molecule has 0 heterocycles. The van der Waals surface area contributed by atoms with Gasteiger partial charge in [0.15, 0.2) is 0 Å². The van der Waals surface area contributed by atoms with E-state index in [1.165, 1.54) is 6.08 Å². The van der Waals surface area contributed by atoms with E-state index in [1.54, 1.807) is 6.08 Å². The van der Waals surface area contributed by atoms with Gasteiger partial charge in [0.05, 0.1) is 0 Å². The lowest BCUT2D eigenvalue weighted by molar-refractivity contribution is -0.0950. The molecule has 0 aromatic rings. The fourth-order valence-electron chi connectivity index (χ4n) is 1.12. The van der Waals surface area contributed by atoms with E-state index in [2.05, 4.69) is 0 Å². The minimum atomic E-state index is -4.20. The molecule has 0 aromatic carbocycles. The molecule has 68 valence electrons. The van der Waals surface area contributed by atoms with Gasteiger partial charge in [-0.25, -0.2) is 0 Å². The Kier molecular flexibility index (Phi) is 2.57. The molecule has 0 amide bonds. The Morgan fingerprint density at radius 3 is 2.67 bits per heavy atom. The van der Waals surface area contributed by atoms with Crippen LogP contribution in [0.2, 0.25) is 0 Å². The van der Waals surface area contributed by atoms with Crippen molar-refractivity contribution in [1.82, 2.24) is 0 Å². The monoisotopic (exact) mass is 177 g/mol. The first-order valence-corrected chi connectivity index (χ1v) is 3.68. The largest absolute Gasteiger partial charge is 0.412 e. The SMILES string of the molecule is NC[C@H]1C=CC=C(C(F)(F)F)C1. The summed E-state index contributed by atoms with van der Waals surface area (Å²) in [5.41, 5.74) is 4.78. The van der Waals surface area contributed by atoms with Gasteiger partial charge in [-0.15, -0.1) is 0 Å². The van der Waals surface area contributed by atoms with Crippen LogP contribution < -0.4 is 5.73 Å². The molecule has 1 atom stereocenters. The Morgan fingerprint density at radius 2 is 2.17 bits per heavy atom. The van der Waals surface area contributed by atoms with E-state index in [0.717, 1.165) is 6.08 Å². The fourth-order valence-corrected chi connectivity index (χ4v) is 1.12. The quantitative estimate of drug-likeness (QED) is 0.651. The molecular weight excluding hydrogens is 167 g/mol. The average molecular weight is 177 g/mol. The third kappa shape index (κ3) is 2.11. The lowest BCUT2D eigenvalue weighted by Crippen LogP contribution is -2.21. The topological polar surface area (TPSA) is 26.0 Å². The highest BCUT2D eigenvalue weighted by Crippen LogP contribution is 2.32. The van der Waals surface area contributed by atoms with Crippen LogP contribution in [-0.2, 0) is 0 Å². The van der Waals surface area contributed by atoms with Gasteiger partial charge in [-0.2, -0.15) is 13.2 Å². The van der Waals surface area contributed by atoms with Gasteiger partial charge in [-0.05, 0) is 18.9 Å². The van der Waals surface area contributed by atoms with Crippen LogP contribution in [0.4, 0.5) is 13.2 Å². The lowest BCUT2D eigenvalue weighted by Gasteiger charge is -2.18. The normalized spacial score (nSPS) is 24.0. The van der Waals surface area contributed by atoms with E-state index in [9.17, 15) is 13.2 Å². The van der Waals surface area contributed by atoms with Crippen molar-refractivity contribution in [2.75, 3.05) is 6.54 Å². The zero-order chi connectivity index (χ0) is 9.19. The van der Waals surface area contributed by atoms with Crippen LogP contribution >= 0.6 is 0 Å². The van der Waals surface area contributed by atoms with Crippen molar-refractivity contribution in [2.45, 2.75) is 12.6 Å². The number of alkyl halides is 3. The van der Waals surface area contributed by atoms with Crippen molar-refractivity contribution in [3.05, 3.63) is 23.8 Å². The van der Waals surface area contributed by atoms with Gasteiger partial charge in [0.25, 0.3) is 0 Å². The molecule has 0 saturated heterocycles. The molecule has 12 heavy (non-hydrogen) atoms. The number of halogens is 3. The Balaban J connectivity index is 2.70. The zero-order valence-electron chi connectivity index (χ0n) is 6.43. The van der Waals surface area contributed by atoms with Crippen LogP contribution in [0.15, 0.2) is 23.8 Å². The first kappa shape index (κ1) is 9.32. The van der Waals surface area contributed by atoms with E-state index < -0.39 is 11.7 Å². The van der Waals surface area contributed by atoms with E-state index in [4.69, 9.17) is 5.73 Å².